The van der Waals surface area contributed by atoms with Crippen LogP contribution in [0.3, 0.4) is 0 Å². The van der Waals surface area contributed by atoms with Crippen LogP contribution >= 0.6 is 0 Å². The van der Waals surface area contributed by atoms with Gasteiger partial charge in [0.25, 0.3) is 0 Å². The second kappa shape index (κ2) is 9.85. The predicted molar refractivity (Wildman–Crippen MR) is 145 cm³/mol. The monoisotopic (exact) mass is 540 g/mol. The molecule has 7 rings (SSSR count). The molecule has 11 nitrogen and oxygen atoms in total. The Hall–Kier alpha value is -3.05. The number of hydrogen-bond donors (Lipinski definition) is 4. The fourth-order valence-electron chi connectivity index (χ4n) is 9.17. The first-order valence-corrected chi connectivity index (χ1v) is 13.8. The van der Waals surface area contributed by atoms with Gasteiger partial charge in [-0.3, -0.25) is 0 Å². The van der Waals surface area contributed by atoms with Crippen molar-refractivity contribution < 1.29 is 19.1 Å². The summed E-state index contributed by atoms with van der Waals surface area (Å²) >= 11 is 0. The number of aliphatic hydroxyl groups excluding tert-OH is 1. The largest absolute Gasteiger partial charge is 0.431 e. The normalized spacial score (nSPS) is 41.2. The van der Waals surface area contributed by atoms with Gasteiger partial charge < -0.3 is 36.3 Å². The van der Waals surface area contributed by atoms with Crippen LogP contribution in [0.15, 0.2) is 27.6 Å². The molecule has 2 aromatic heterocycles. The molecule has 1 saturated heterocycles. The molecule has 1 aliphatic heterocycles. The molecule has 4 saturated carbocycles. The maximum atomic E-state index is 11.4. The topological polar surface area (TPSA) is 197 Å². The average Bonchev–Trinajstić information content (AvgIpc) is 3.55. The number of nitrogens with two attached hydrogens (primary N) is 3. The molecule has 0 amide bonds. The molecule has 9 atom stereocenters. The van der Waals surface area contributed by atoms with Crippen molar-refractivity contribution in [2.24, 2.45) is 28.6 Å². The van der Waals surface area contributed by atoms with Gasteiger partial charge in [0.1, 0.15) is 12.4 Å². The average molecular weight is 541 g/mol. The van der Waals surface area contributed by atoms with Crippen LogP contribution < -0.4 is 22.8 Å². The van der Waals surface area contributed by atoms with E-state index in [2.05, 4.69) is 28.8 Å². The third kappa shape index (κ3) is 4.30. The van der Waals surface area contributed by atoms with Crippen molar-refractivity contribution in [1.29, 1.82) is 0 Å². The van der Waals surface area contributed by atoms with Crippen molar-refractivity contribution in [2.45, 2.75) is 88.9 Å². The Bertz CT molecular complexity index is 1200. The molecule has 0 unspecified atom stereocenters. The minimum atomic E-state index is -0.266. The van der Waals surface area contributed by atoms with E-state index in [4.69, 9.17) is 31.1 Å². The van der Waals surface area contributed by atoms with E-state index >= 15 is 0 Å². The predicted octanol–water partition coefficient (Wildman–Crippen LogP) is 2.69. The van der Waals surface area contributed by atoms with Gasteiger partial charge in [-0.25, -0.2) is 4.79 Å². The van der Waals surface area contributed by atoms with Crippen molar-refractivity contribution in [2.75, 3.05) is 17.2 Å². The Balaban J connectivity index is 0.000000238. The minimum Gasteiger partial charge on any atom is -0.431 e. The van der Waals surface area contributed by atoms with Crippen molar-refractivity contribution in [3.63, 3.8) is 0 Å². The molecule has 5 aliphatic rings. The molecule has 11 heteroatoms. The molecule has 212 valence electrons. The lowest BCUT2D eigenvalue weighted by atomic mass is 9.44. The summed E-state index contributed by atoms with van der Waals surface area (Å²) < 4.78 is 11.8. The van der Waals surface area contributed by atoms with Gasteiger partial charge in [-0.2, -0.15) is 15.0 Å². The Morgan fingerprint density at radius 3 is 2.21 bits per heavy atom. The highest BCUT2D eigenvalue weighted by Gasteiger charge is 2.80. The summed E-state index contributed by atoms with van der Waals surface area (Å²) in [6.45, 7) is 6.97. The lowest BCUT2D eigenvalue weighted by Crippen LogP contribution is -2.58. The highest BCUT2D eigenvalue weighted by Crippen LogP contribution is 2.77. The maximum Gasteiger partial charge on any atom is 0.335 e. The van der Waals surface area contributed by atoms with Crippen molar-refractivity contribution in [3.05, 3.63) is 34.4 Å². The Morgan fingerprint density at radius 2 is 1.59 bits per heavy atom. The van der Waals surface area contributed by atoms with Gasteiger partial charge >= 0.3 is 5.63 Å². The minimum absolute atomic E-state index is 0.0285. The zero-order valence-electron chi connectivity index (χ0n) is 22.7. The third-order valence-electron chi connectivity index (χ3n) is 10.9. The van der Waals surface area contributed by atoms with E-state index in [1.165, 1.54) is 37.7 Å². The number of aliphatic hydroxyl groups is 1. The molecule has 0 bridgehead atoms. The van der Waals surface area contributed by atoms with E-state index in [-0.39, 0.29) is 40.6 Å². The third-order valence-corrected chi connectivity index (χ3v) is 10.9. The molecule has 39 heavy (non-hydrogen) atoms. The number of rotatable bonds is 1. The molecule has 3 heterocycles. The summed E-state index contributed by atoms with van der Waals surface area (Å²) in [4.78, 5) is 29.9. The lowest BCUT2D eigenvalue weighted by molar-refractivity contribution is -0.139. The standard InChI is InChI=1S/C24H32O4.C3H6N6.CH2O/c1-22-9-7-16(25)11-15(22)4-5-18-17(22)8-10-23(2)19(12-20-24(18,23)28-20)14-3-6-21(26)27-13-14;4-1-7-2(5)9-3(6)8-1;1-2/h3,6,13,15-20,25H,4-5,7-12H2,1-2H3;(H6,4,5,6,7,8,9);1H2/t15-,16+,17+,18-,19-,20-,22+,23-,24-;;/m1../s1. The second-order valence-corrected chi connectivity index (χ2v) is 12.4. The van der Waals surface area contributed by atoms with E-state index < -0.39 is 0 Å². The summed E-state index contributed by atoms with van der Waals surface area (Å²) in [5.74, 6) is 2.60. The fourth-order valence-corrected chi connectivity index (χ4v) is 9.17. The van der Waals surface area contributed by atoms with Gasteiger partial charge in [-0.05, 0) is 92.1 Å². The summed E-state index contributed by atoms with van der Waals surface area (Å²) in [5.41, 5.74) is 16.9. The number of fused-ring (bicyclic) bond motifs is 3. The van der Waals surface area contributed by atoms with Crippen LogP contribution in [0.5, 0.6) is 0 Å². The summed E-state index contributed by atoms with van der Waals surface area (Å²) in [6, 6.07) is 3.55. The van der Waals surface area contributed by atoms with Crippen molar-refractivity contribution in [1.82, 2.24) is 15.0 Å². The zero-order chi connectivity index (χ0) is 28.2. The maximum absolute atomic E-state index is 11.4. The molecule has 2 aromatic rings. The van der Waals surface area contributed by atoms with E-state index in [9.17, 15) is 9.90 Å². The molecular weight excluding hydrogens is 500 g/mol. The first-order chi connectivity index (χ1) is 18.6. The SMILES string of the molecule is C=O.C[C@]12CC[C@H](O)C[C@H]1CC[C@@H]1[C@@H]2CC[C@]2(C)[C@@H](c3ccc(=O)oc3)C[C@H]3O[C@]132.Nc1nc(N)nc(N)n1. The van der Waals surface area contributed by atoms with E-state index in [0.717, 1.165) is 25.2 Å². The van der Waals surface area contributed by atoms with Crippen molar-refractivity contribution in [3.8, 4) is 0 Å². The number of carbonyl (C=O) groups is 1. The second-order valence-electron chi connectivity index (χ2n) is 12.4. The van der Waals surface area contributed by atoms with Gasteiger partial charge in [0.15, 0.2) is 0 Å². The van der Waals surface area contributed by atoms with Crippen molar-refractivity contribution >= 4 is 24.6 Å². The van der Waals surface area contributed by atoms with Gasteiger partial charge in [0, 0.05) is 11.5 Å². The van der Waals surface area contributed by atoms with Crippen LogP contribution in [0.1, 0.15) is 76.7 Å². The van der Waals surface area contributed by atoms with Crippen LogP contribution in [-0.4, -0.2) is 44.7 Å². The van der Waals surface area contributed by atoms with Crippen LogP contribution in [0.2, 0.25) is 0 Å². The summed E-state index contributed by atoms with van der Waals surface area (Å²) in [5, 5.41) is 10.2. The Morgan fingerprint density at radius 1 is 0.923 bits per heavy atom. The number of nitrogens with zero attached hydrogens (tertiary/aromatic N) is 3. The molecule has 7 N–H and O–H groups in total. The number of ether oxygens (including phenoxy) is 1. The highest BCUT2D eigenvalue weighted by molar-refractivity contribution is 5.35. The van der Waals surface area contributed by atoms with E-state index in [0.29, 0.717) is 29.3 Å². The first kappa shape index (κ1) is 27.5. The number of epoxide rings is 1. The Kier molecular flexibility index (Phi) is 6.95. The highest BCUT2D eigenvalue weighted by atomic mass is 16.6. The number of nitrogen functional groups attached to an aromatic ring is 3. The molecular formula is C28H40N6O5. The smallest absolute Gasteiger partial charge is 0.335 e. The number of aromatic nitrogens is 3. The lowest BCUT2D eigenvalue weighted by Gasteiger charge is -2.61. The van der Waals surface area contributed by atoms with E-state index in [1.807, 2.05) is 12.9 Å². The summed E-state index contributed by atoms with van der Waals surface area (Å²) in [6.07, 6.45) is 11.1. The number of anilines is 3. The Labute approximate surface area is 227 Å². The molecule has 0 aromatic carbocycles. The van der Waals surface area contributed by atoms with Gasteiger partial charge in [0.2, 0.25) is 17.8 Å². The van der Waals surface area contributed by atoms with Crippen LogP contribution in [0.25, 0.3) is 0 Å². The van der Waals surface area contributed by atoms with E-state index in [1.54, 1.807) is 12.3 Å². The number of carbonyl (C=O) groups excluding carboxylic acids is 1. The molecule has 0 radical (unpaired) electrons. The van der Waals surface area contributed by atoms with Gasteiger partial charge in [0.05, 0.1) is 18.5 Å². The van der Waals surface area contributed by atoms with Gasteiger partial charge in [-0.15, -0.1) is 0 Å². The van der Waals surface area contributed by atoms with Crippen LogP contribution in [-0.2, 0) is 9.53 Å². The first-order valence-electron chi connectivity index (χ1n) is 13.8. The molecule has 5 fully saturated rings. The zero-order valence-corrected chi connectivity index (χ0v) is 22.7. The number of hydrogen-bond acceptors (Lipinski definition) is 11. The molecule has 1 spiro atoms. The summed E-state index contributed by atoms with van der Waals surface area (Å²) in [7, 11) is 0. The molecule has 4 aliphatic carbocycles. The van der Waals surface area contributed by atoms with Crippen LogP contribution in [0.4, 0.5) is 17.8 Å². The van der Waals surface area contributed by atoms with Crippen LogP contribution in [0, 0.1) is 28.6 Å². The van der Waals surface area contributed by atoms with Gasteiger partial charge in [-0.1, -0.05) is 13.8 Å². The fraction of sp³-hybridized carbons (Fsp3) is 0.679. The quantitative estimate of drug-likeness (QED) is 0.388.